The van der Waals surface area contributed by atoms with E-state index in [0.717, 1.165) is 11.1 Å². The standard InChI is InChI=1S/C27H25N3O5S/c1-34-25(32)17-35-23-9-5-8-20(14-23)15-28-29-26(33)21-10-12-22(13-11-21)27-30(24(31)18-36-27)16-19-6-3-2-4-7-19/h2-15,27H,16-18H2,1H3,(H,29,33)/b28-15+. The summed E-state index contributed by atoms with van der Waals surface area (Å²) >= 11 is 1.58. The van der Waals surface area contributed by atoms with Crippen LogP contribution in [-0.2, 0) is 20.9 Å². The van der Waals surface area contributed by atoms with Crippen molar-refractivity contribution in [3.8, 4) is 5.75 Å². The molecule has 3 aromatic carbocycles. The topological polar surface area (TPSA) is 97.3 Å². The van der Waals surface area contributed by atoms with E-state index in [1.54, 1.807) is 48.2 Å². The highest BCUT2D eigenvalue weighted by molar-refractivity contribution is 8.00. The van der Waals surface area contributed by atoms with Crippen LogP contribution in [0.1, 0.15) is 32.4 Å². The summed E-state index contributed by atoms with van der Waals surface area (Å²) in [6.07, 6.45) is 1.49. The first-order valence-electron chi connectivity index (χ1n) is 11.2. The van der Waals surface area contributed by atoms with Crippen molar-refractivity contribution in [2.45, 2.75) is 11.9 Å². The lowest BCUT2D eigenvalue weighted by Crippen LogP contribution is -2.27. The average molecular weight is 504 g/mol. The first-order chi connectivity index (χ1) is 17.5. The number of ether oxygens (including phenoxy) is 2. The van der Waals surface area contributed by atoms with Crippen molar-refractivity contribution in [2.24, 2.45) is 5.10 Å². The molecule has 1 atom stereocenters. The summed E-state index contributed by atoms with van der Waals surface area (Å²) in [5.41, 5.74) is 5.69. The zero-order valence-corrected chi connectivity index (χ0v) is 20.4. The molecule has 4 rings (SSSR count). The lowest BCUT2D eigenvalue weighted by atomic mass is 10.1. The van der Waals surface area contributed by atoms with Gasteiger partial charge in [-0.25, -0.2) is 10.2 Å². The van der Waals surface area contributed by atoms with E-state index in [1.807, 2.05) is 47.4 Å². The van der Waals surface area contributed by atoms with Crippen LogP contribution in [0.3, 0.4) is 0 Å². The zero-order chi connectivity index (χ0) is 25.3. The Morgan fingerprint density at radius 2 is 1.86 bits per heavy atom. The Balaban J connectivity index is 1.35. The Morgan fingerprint density at radius 1 is 1.08 bits per heavy atom. The SMILES string of the molecule is COC(=O)COc1cccc(/C=N/NC(=O)c2ccc(C3SCC(=O)N3Cc3ccccc3)cc2)c1. The molecular formula is C27H25N3O5S. The van der Waals surface area contributed by atoms with Crippen molar-refractivity contribution in [3.05, 3.63) is 101 Å². The van der Waals surface area contributed by atoms with Gasteiger partial charge in [-0.05, 0) is 41.0 Å². The molecule has 0 aromatic heterocycles. The second-order valence-corrected chi connectivity index (χ2v) is 9.00. The molecule has 1 saturated heterocycles. The lowest BCUT2D eigenvalue weighted by Gasteiger charge is -2.24. The fraction of sp³-hybridized carbons (Fsp3) is 0.185. The second kappa shape index (κ2) is 12.0. The molecular weight excluding hydrogens is 478 g/mol. The van der Waals surface area contributed by atoms with Gasteiger partial charge in [0, 0.05) is 12.1 Å². The minimum atomic E-state index is -0.477. The van der Waals surface area contributed by atoms with Crippen molar-refractivity contribution in [1.29, 1.82) is 0 Å². The number of methoxy groups -OCH3 is 1. The van der Waals surface area contributed by atoms with Crippen LogP contribution in [0.25, 0.3) is 0 Å². The fourth-order valence-corrected chi connectivity index (χ4v) is 4.78. The largest absolute Gasteiger partial charge is 0.482 e. The number of esters is 1. The van der Waals surface area contributed by atoms with Gasteiger partial charge in [-0.3, -0.25) is 9.59 Å². The highest BCUT2D eigenvalue weighted by Gasteiger charge is 2.32. The molecule has 1 heterocycles. The number of carbonyl (C=O) groups excluding carboxylic acids is 3. The summed E-state index contributed by atoms with van der Waals surface area (Å²) < 4.78 is 9.90. The molecule has 1 fully saturated rings. The van der Waals surface area contributed by atoms with E-state index in [-0.39, 0.29) is 23.8 Å². The second-order valence-electron chi connectivity index (χ2n) is 7.93. The summed E-state index contributed by atoms with van der Waals surface area (Å²) in [7, 11) is 1.29. The van der Waals surface area contributed by atoms with Gasteiger partial charge >= 0.3 is 5.97 Å². The Labute approximate surface area is 213 Å². The normalized spacial score (nSPS) is 15.2. The summed E-state index contributed by atoms with van der Waals surface area (Å²) in [6, 6.07) is 24.0. The van der Waals surface area contributed by atoms with Gasteiger partial charge in [-0.15, -0.1) is 11.8 Å². The first-order valence-corrected chi connectivity index (χ1v) is 12.3. The van der Waals surface area contributed by atoms with E-state index in [4.69, 9.17) is 4.74 Å². The van der Waals surface area contributed by atoms with Crippen LogP contribution in [0.4, 0.5) is 0 Å². The van der Waals surface area contributed by atoms with Crippen molar-refractivity contribution >= 4 is 35.8 Å². The molecule has 9 heteroatoms. The van der Waals surface area contributed by atoms with Crippen molar-refractivity contribution in [3.63, 3.8) is 0 Å². The van der Waals surface area contributed by atoms with Crippen LogP contribution in [0.2, 0.25) is 0 Å². The molecule has 0 spiro atoms. The van der Waals surface area contributed by atoms with Crippen molar-refractivity contribution in [1.82, 2.24) is 10.3 Å². The van der Waals surface area contributed by atoms with E-state index in [0.29, 0.717) is 29.2 Å². The van der Waals surface area contributed by atoms with Crippen LogP contribution >= 0.6 is 11.8 Å². The van der Waals surface area contributed by atoms with Gasteiger partial charge in [-0.1, -0.05) is 54.6 Å². The van der Waals surface area contributed by atoms with Crippen LogP contribution < -0.4 is 10.2 Å². The maximum atomic E-state index is 12.5. The van der Waals surface area contributed by atoms with Gasteiger partial charge in [-0.2, -0.15) is 5.10 Å². The number of nitrogens with zero attached hydrogens (tertiary/aromatic N) is 2. The molecule has 3 aromatic rings. The van der Waals surface area contributed by atoms with Crippen LogP contribution in [0, 0.1) is 0 Å². The van der Waals surface area contributed by atoms with Gasteiger partial charge in [0.05, 0.1) is 19.1 Å². The summed E-state index contributed by atoms with van der Waals surface area (Å²) in [5.74, 6) is 0.186. The number of thioether (sulfide) groups is 1. The monoisotopic (exact) mass is 503 g/mol. The fourth-order valence-electron chi connectivity index (χ4n) is 3.60. The maximum Gasteiger partial charge on any atom is 0.343 e. The molecule has 184 valence electrons. The first kappa shape index (κ1) is 25.0. The quantitative estimate of drug-likeness (QED) is 0.271. The summed E-state index contributed by atoms with van der Waals surface area (Å²) in [6.45, 7) is 0.352. The molecule has 1 aliphatic heterocycles. The number of nitrogens with one attached hydrogen (secondary N) is 1. The highest BCUT2D eigenvalue weighted by atomic mass is 32.2. The number of amides is 2. The third-order valence-corrected chi connectivity index (χ3v) is 6.70. The molecule has 1 unspecified atom stereocenters. The maximum absolute atomic E-state index is 12.5. The molecule has 0 aliphatic carbocycles. The highest BCUT2D eigenvalue weighted by Crippen LogP contribution is 2.39. The Bertz CT molecular complexity index is 1250. The Kier molecular flexibility index (Phi) is 8.36. The predicted octanol–water partition coefficient (Wildman–Crippen LogP) is 3.78. The van der Waals surface area contributed by atoms with Gasteiger partial charge in [0.15, 0.2) is 6.61 Å². The molecule has 8 nitrogen and oxygen atoms in total. The van der Waals surface area contributed by atoms with Gasteiger partial charge < -0.3 is 14.4 Å². The van der Waals surface area contributed by atoms with E-state index < -0.39 is 5.97 Å². The minimum absolute atomic E-state index is 0.0958. The third kappa shape index (κ3) is 6.51. The molecule has 0 radical (unpaired) electrons. The number of hydrazone groups is 1. The molecule has 36 heavy (non-hydrogen) atoms. The third-order valence-electron chi connectivity index (χ3n) is 5.44. The Hall–Kier alpha value is -4.11. The summed E-state index contributed by atoms with van der Waals surface area (Å²) in [4.78, 5) is 38.1. The lowest BCUT2D eigenvalue weighted by molar-refractivity contribution is -0.142. The Morgan fingerprint density at radius 3 is 2.61 bits per heavy atom. The number of hydrogen-bond acceptors (Lipinski definition) is 7. The molecule has 0 bridgehead atoms. The van der Waals surface area contributed by atoms with Crippen LogP contribution in [0.15, 0.2) is 84.0 Å². The van der Waals surface area contributed by atoms with Crippen molar-refractivity contribution < 1.29 is 23.9 Å². The number of carbonyl (C=O) groups is 3. The van der Waals surface area contributed by atoms with Crippen molar-refractivity contribution in [2.75, 3.05) is 19.5 Å². The molecule has 1 aliphatic rings. The average Bonchev–Trinajstić information content (AvgIpc) is 3.27. The van der Waals surface area contributed by atoms with Crippen LogP contribution in [0.5, 0.6) is 5.75 Å². The van der Waals surface area contributed by atoms with E-state index in [2.05, 4.69) is 15.3 Å². The van der Waals surface area contributed by atoms with Gasteiger partial charge in [0.25, 0.3) is 5.91 Å². The minimum Gasteiger partial charge on any atom is -0.482 e. The van der Waals surface area contributed by atoms with Gasteiger partial charge in [0.1, 0.15) is 11.1 Å². The van der Waals surface area contributed by atoms with E-state index in [9.17, 15) is 14.4 Å². The molecule has 2 amide bonds. The predicted molar refractivity (Wildman–Crippen MR) is 138 cm³/mol. The van der Waals surface area contributed by atoms with E-state index >= 15 is 0 Å². The summed E-state index contributed by atoms with van der Waals surface area (Å²) in [5, 5.41) is 3.91. The zero-order valence-electron chi connectivity index (χ0n) is 19.6. The number of rotatable bonds is 9. The smallest absolute Gasteiger partial charge is 0.343 e. The molecule has 1 N–H and O–H groups in total. The van der Waals surface area contributed by atoms with E-state index in [1.165, 1.54) is 13.3 Å². The molecule has 0 saturated carbocycles. The van der Waals surface area contributed by atoms with Gasteiger partial charge in [0.2, 0.25) is 5.91 Å². The number of benzene rings is 3. The van der Waals surface area contributed by atoms with Crippen LogP contribution in [-0.4, -0.2) is 48.4 Å². The number of hydrogen-bond donors (Lipinski definition) is 1.